The number of carboxylic acid groups (broad SMARTS) is 2. The van der Waals surface area contributed by atoms with E-state index in [1.165, 1.54) is 0 Å². The molecule has 6 heteroatoms. The van der Waals surface area contributed by atoms with E-state index in [2.05, 4.69) is 0 Å². The Balaban J connectivity index is -0.0000000150. The molecule has 0 heterocycles. The van der Waals surface area contributed by atoms with E-state index in [0.29, 0.717) is 0 Å². The molecular formula is CH4ClNaO4. The Kier molecular flexibility index (Phi) is 59.1. The summed E-state index contributed by atoms with van der Waals surface area (Å²) in [6, 6.07) is 0. The Bertz CT molecular complexity index is 34.7. The first-order valence-corrected chi connectivity index (χ1v) is 0.651. The summed E-state index contributed by atoms with van der Waals surface area (Å²) in [6.07, 6.45) is -1.83. The zero-order valence-electron chi connectivity index (χ0n) is 3.68. The number of hydrogen-bond acceptors (Lipinski definition) is 1. The topological polar surface area (TPSA) is 89.0 Å². The first-order valence-electron chi connectivity index (χ1n) is 0.651. The van der Waals surface area contributed by atoms with E-state index in [-0.39, 0.29) is 47.4 Å². The van der Waals surface area contributed by atoms with Crippen LogP contribution < -0.4 is 42.0 Å². The molecule has 0 amide bonds. The summed E-state index contributed by atoms with van der Waals surface area (Å²) in [5, 5.41) is 13.9. The molecule has 40 valence electrons. The van der Waals surface area contributed by atoms with Crippen molar-refractivity contribution in [3.8, 4) is 0 Å². The van der Waals surface area contributed by atoms with Gasteiger partial charge in [0.05, 0.1) is 0 Å². The molecule has 4 N–H and O–H groups in total. The first kappa shape index (κ1) is 25.8. The van der Waals surface area contributed by atoms with E-state index in [1.807, 2.05) is 0 Å². The maximum atomic E-state index is 8.56. The van der Waals surface area contributed by atoms with Gasteiger partial charge in [-0.1, -0.05) is 0 Å². The molecule has 0 aliphatic rings. The SMILES string of the molecule is O.O=C(O)O.[Cl-].[Na+]. The summed E-state index contributed by atoms with van der Waals surface area (Å²) < 4.78 is 0. The molecule has 0 aromatic carbocycles. The van der Waals surface area contributed by atoms with Crippen molar-refractivity contribution in [3.05, 3.63) is 0 Å². The van der Waals surface area contributed by atoms with Crippen molar-refractivity contribution in [2.75, 3.05) is 0 Å². The molecule has 0 fully saturated rings. The molecule has 0 spiro atoms. The van der Waals surface area contributed by atoms with Crippen LogP contribution in [0.2, 0.25) is 0 Å². The van der Waals surface area contributed by atoms with E-state index in [1.54, 1.807) is 0 Å². The standard InChI is InChI=1S/CH2O3.ClH.Na.H2O/c2-1(3)4;;;/h(H2,2,3,4);1H;;1H2/q;;+1;/p-1. The molecule has 0 aromatic heterocycles. The fourth-order valence-corrected chi connectivity index (χ4v) is 0. The van der Waals surface area contributed by atoms with Crippen LogP contribution in [0.4, 0.5) is 4.79 Å². The van der Waals surface area contributed by atoms with E-state index in [9.17, 15) is 0 Å². The van der Waals surface area contributed by atoms with Crippen LogP contribution in [-0.2, 0) is 0 Å². The van der Waals surface area contributed by atoms with E-state index in [4.69, 9.17) is 15.0 Å². The first-order chi connectivity index (χ1) is 1.73. The van der Waals surface area contributed by atoms with Gasteiger partial charge < -0.3 is 28.1 Å². The molecular weight excluding hydrogens is 134 g/mol. The molecule has 0 bridgehead atoms. The van der Waals surface area contributed by atoms with Crippen molar-refractivity contribution in [1.82, 2.24) is 0 Å². The molecule has 0 saturated heterocycles. The molecule has 4 nitrogen and oxygen atoms in total. The summed E-state index contributed by atoms with van der Waals surface area (Å²) >= 11 is 0. The Labute approximate surface area is 68.5 Å². The average Bonchev–Trinajstić information content (AvgIpc) is 0.811. The van der Waals surface area contributed by atoms with E-state index in [0.717, 1.165) is 0 Å². The zero-order valence-corrected chi connectivity index (χ0v) is 6.44. The van der Waals surface area contributed by atoms with Gasteiger partial charge in [-0.2, -0.15) is 0 Å². The summed E-state index contributed by atoms with van der Waals surface area (Å²) in [4.78, 5) is 8.56. The zero-order chi connectivity index (χ0) is 3.58. The minimum absolute atomic E-state index is 0. The Morgan fingerprint density at radius 2 is 1.29 bits per heavy atom. The minimum atomic E-state index is -1.83. The third kappa shape index (κ3) is 493. The predicted octanol–water partition coefficient (Wildman–Crippen LogP) is -6.59. The molecule has 0 aliphatic heterocycles. The van der Waals surface area contributed by atoms with Crippen LogP contribution >= 0.6 is 0 Å². The van der Waals surface area contributed by atoms with Gasteiger partial charge in [0.2, 0.25) is 0 Å². The fourth-order valence-electron chi connectivity index (χ4n) is 0. The van der Waals surface area contributed by atoms with Crippen LogP contribution in [0, 0.1) is 0 Å². The van der Waals surface area contributed by atoms with Crippen molar-refractivity contribution in [1.29, 1.82) is 0 Å². The van der Waals surface area contributed by atoms with Gasteiger partial charge in [0, 0.05) is 0 Å². The van der Waals surface area contributed by atoms with Crippen molar-refractivity contribution in [2.24, 2.45) is 0 Å². The van der Waals surface area contributed by atoms with Gasteiger partial charge >= 0.3 is 35.7 Å². The van der Waals surface area contributed by atoms with Crippen LogP contribution in [0.3, 0.4) is 0 Å². The summed E-state index contributed by atoms with van der Waals surface area (Å²) in [5.74, 6) is 0. The second-order valence-electron chi connectivity index (χ2n) is 0.283. The van der Waals surface area contributed by atoms with Crippen LogP contribution in [0.5, 0.6) is 0 Å². The summed E-state index contributed by atoms with van der Waals surface area (Å²) in [5.41, 5.74) is 0. The number of halogens is 1. The summed E-state index contributed by atoms with van der Waals surface area (Å²) in [6.45, 7) is 0. The largest absolute Gasteiger partial charge is 1.00 e. The third-order valence-electron chi connectivity index (χ3n) is 0. The molecule has 0 aromatic rings. The predicted molar refractivity (Wildman–Crippen MR) is 14.3 cm³/mol. The number of hydrogen-bond donors (Lipinski definition) is 2. The molecule has 0 atom stereocenters. The molecule has 0 aliphatic carbocycles. The molecule has 0 unspecified atom stereocenters. The Morgan fingerprint density at radius 3 is 1.29 bits per heavy atom. The fraction of sp³-hybridized carbons (Fsp3) is 0. The van der Waals surface area contributed by atoms with Gasteiger partial charge in [-0.05, 0) is 0 Å². The van der Waals surface area contributed by atoms with Gasteiger partial charge in [0.1, 0.15) is 0 Å². The molecule has 0 rings (SSSR count). The Hall–Kier alpha value is 0.520. The average molecular weight is 138 g/mol. The molecule has 7 heavy (non-hydrogen) atoms. The van der Waals surface area contributed by atoms with Crippen LogP contribution in [-0.4, -0.2) is 21.8 Å². The monoisotopic (exact) mass is 138 g/mol. The maximum Gasteiger partial charge on any atom is 1.00 e. The molecule has 0 radical (unpaired) electrons. The number of rotatable bonds is 0. The quantitative estimate of drug-likeness (QED) is 0.326. The van der Waals surface area contributed by atoms with Gasteiger partial charge in [0.25, 0.3) is 0 Å². The minimum Gasteiger partial charge on any atom is -1.00 e. The van der Waals surface area contributed by atoms with E-state index >= 15 is 0 Å². The van der Waals surface area contributed by atoms with Crippen molar-refractivity contribution in [2.45, 2.75) is 0 Å². The second-order valence-corrected chi connectivity index (χ2v) is 0.283. The van der Waals surface area contributed by atoms with Crippen molar-refractivity contribution in [3.63, 3.8) is 0 Å². The number of carbonyl (C=O) groups is 1. The van der Waals surface area contributed by atoms with Gasteiger partial charge in [-0.25, -0.2) is 4.79 Å². The smallest absolute Gasteiger partial charge is 1.00 e. The van der Waals surface area contributed by atoms with Crippen LogP contribution in [0.1, 0.15) is 0 Å². The van der Waals surface area contributed by atoms with Gasteiger partial charge in [-0.15, -0.1) is 0 Å². The maximum absolute atomic E-state index is 8.56. The Morgan fingerprint density at radius 1 is 1.29 bits per heavy atom. The van der Waals surface area contributed by atoms with Gasteiger partial charge in [-0.3, -0.25) is 0 Å². The third-order valence-corrected chi connectivity index (χ3v) is 0. The van der Waals surface area contributed by atoms with Crippen LogP contribution in [0.25, 0.3) is 0 Å². The van der Waals surface area contributed by atoms with Crippen molar-refractivity contribution >= 4 is 6.16 Å². The van der Waals surface area contributed by atoms with Crippen LogP contribution in [0.15, 0.2) is 0 Å². The summed E-state index contributed by atoms with van der Waals surface area (Å²) in [7, 11) is 0. The molecule has 0 saturated carbocycles. The van der Waals surface area contributed by atoms with E-state index < -0.39 is 6.16 Å². The second kappa shape index (κ2) is 16.0. The van der Waals surface area contributed by atoms with Crippen molar-refractivity contribution < 1.29 is 62.4 Å². The van der Waals surface area contributed by atoms with Gasteiger partial charge in [0.15, 0.2) is 0 Å². The normalized spacial score (nSPS) is 3.43.